The van der Waals surface area contributed by atoms with Crippen LogP contribution in [-0.2, 0) is 11.2 Å². The van der Waals surface area contributed by atoms with Crippen molar-refractivity contribution in [3.8, 4) is 0 Å². The zero-order valence-corrected chi connectivity index (χ0v) is 10.9. The van der Waals surface area contributed by atoms with E-state index in [0.717, 1.165) is 17.4 Å². The van der Waals surface area contributed by atoms with Gasteiger partial charge in [0.2, 0.25) is 5.91 Å². The third-order valence-corrected chi connectivity index (χ3v) is 2.68. The molecule has 0 radical (unpaired) electrons. The van der Waals surface area contributed by atoms with Crippen LogP contribution in [0.5, 0.6) is 0 Å². The van der Waals surface area contributed by atoms with E-state index in [2.05, 4.69) is 15.9 Å². The summed E-state index contributed by atoms with van der Waals surface area (Å²) in [5, 5.41) is 1.47. The number of benzene rings is 1. The van der Waals surface area contributed by atoms with Gasteiger partial charge in [-0.1, -0.05) is 39.7 Å². The highest BCUT2D eigenvalue weighted by Crippen LogP contribution is 2.11. The molecule has 1 aromatic carbocycles. The molecule has 82 valence electrons. The number of hydrogen-bond donors (Lipinski definition) is 0. The first-order valence-corrected chi connectivity index (χ1v) is 6.18. The molecule has 0 bridgehead atoms. The summed E-state index contributed by atoms with van der Waals surface area (Å²) in [6.07, 6.45) is 0.407. The molecule has 0 atom stereocenters. The Kier molecular flexibility index (Phi) is 5.12. The molecule has 0 N–H and O–H groups in total. The highest BCUT2D eigenvalue weighted by molar-refractivity contribution is 9.09. The molecule has 0 spiro atoms. The van der Waals surface area contributed by atoms with E-state index in [9.17, 15) is 4.79 Å². The molecule has 1 rings (SSSR count). The number of nitrogens with zero attached hydrogens (tertiary/aromatic N) is 1. The fraction of sp³-hybridized carbons (Fsp3) is 0.364. The molecule has 0 fully saturated rings. The second-order valence-corrected chi connectivity index (χ2v) is 4.54. The number of alkyl halides is 1. The van der Waals surface area contributed by atoms with Gasteiger partial charge in [0.05, 0.1) is 6.42 Å². The van der Waals surface area contributed by atoms with E-state index < -0.39 is 0 Å². The van der Waals surface area contributed by atoms with Gasteiger partial charge >= 0.3 is 0 Å². The second-order valence-electron chi connectivity index (χ2n) is 3.31. The van der Waals surface area contributed by atoms with Crippen molar-refractivity contribution in [2.24, 2.45) is 0 Å². The van der Waals surface area contributed by atoms with E-state index >= 15 is 0 Å². The summed E-state index contributed by atoms with van der Waals surface area (Å²) in [6.45, 7) is 0.722. The molecule has 0 heterocycles. The molecule has 0 saturated carbocycles. The molecule has 0 aliphatic rings. The van der Waals surface area contributed by atoms with Crippen molar-refractivity contribution < 1.29 is 4.79 Å². The number of carbonyl (C=O) groups is 1. The summed E-state index contributed by atoms with van der Waals surface area (Å²) in [4.78, 5) is 13.4. The molecule has 0 aromatic heterocycles. The van der Waals surface area contributed by atoms with Crippen LogP contribution in [-0.4, -0.2) is 29.7 Å². The Balaban J connectivity index is 2.58. The predicted octanol–water partition coefficient (Wildman–Crippen LogP) is 2.74. The lowest BCUT2D eigenvalue weighted by Gasteiger charge is -2.15. The zero-order chi connectivity index (χ0) is 11.3. The molecular weight excluding hydrogens is 277 g/mol. The van der Waals surface area contributed by atoms with Gasteiger partial charge in [0.25, 0.3) is 0 Å². The topological polar surface area (TPSA) is 20.3 Å². The van der Waals surface area contributed by atoms with Crippen LogP contribution in [0.15, 0.2) is 24.3 Å². The Hall–Kier alpha value is -0.540. The predicted molar refractivity (Wildman–Crippen MR) is 66.6 cm³/mol. The van der Waals surface area contributed by atoms with Crippen molar-refractivity contribution >= 4 is 33.4 Å². The van der Waals surface area contributed by atoms with Crippen LogP contribution in [0, 0.1) is 0 Å². The lowest BCUT2D eigenvalue weighted by molar-refractivity contribution is -0.128. The molecule has 0 aliphatic carbocycles. The quantitative estimate of drug-likeness (QED) is 0.781. The van der Waals surface area contributed by atoms with Gasteiger partial charge in [0.1, 0.15) is 0 Å². The monoisotopic (exact) mass is 289 g/mol. The Bertz CT molecular complexity index is 343. The number of hydrogen-bond acceptors (Lipinski definition) is 1. The molecule has 4 heteroatoms. The highest BCUT2D eigenvalue weighted by atomic mass is 79.9. The largest absolute Gasteiger partial charge is 0.345 e. The minimum absolute atomic E-state index is 0.108. The normalized spacial score (nSPS) is 10.1. The molecule has 1 aromatic rings. The summed E-state index contributed by atoms with van der Waals surface area (Å²) >= 11 is 9.14. The van der Waals surface area contributed by atoms with Crippen molar-refractivity contribution in [3.63, 3.8) is 0 Å². The summed E-state index contributed by atoms with van der Waals surface area (Å²) in [5.41, 5.74) is 0.953. The summed E-state index contributed by atoms with van der Waals surface area (Å²) in [5.74, 6) is 0.108. The molecule has 15 heavy (non-hydrogen) atoms. The summed E-state index contributed by atoms with van der Waals surface area (Å²) in [6, 6.07) is 7.39. The first-order valence-electron chi connectivity index (χ1n) is 4.68. The molecular formula is C11H13BrClNO. The van der Waals surface area contributed by atoms with Gasteiger partial charge < -0.3 is 4.90 Å². The smallest absolute Gasteiger partial charge is 0.226 e. The van der Waals surface area contributed by atoms with Crippen LogP contribution in [0.3, 0.4) is 0 Å². The van der Waals surface area contributed by atoms with Crippen LogP contribution in [0.1, 0.15) is 5.56 Å². The summed E-state index contributed by atoms with van der Waals surface area (Å²) < 4.78 is 0. The standard InChI is InChI=1S/C11H13BrClNO/c1-14(6-5-12)11(15)8-9-3-2-4-10(13)7-9/h2-4,7H,5-6,8H2,1H3. The van der Waals surface area contributed by atoms with Gasteiger partial charge in [0.15, 0.2) is 0 Å². The molecule has 0 saturated heterocycles. The SMILES string of the molecule is CN(CCBr)C(=O)Cc1cccc(Cl)c1. The molecule has 0 unspecified atom stereocenters. The van der Waals surface area contributed by atoms with E-state index in [1.807, 2.05) is 18.2 Å². The van der Waals surface area contributed by atoms with Gasteiger partial charge in [-0.3, -0.25) is 4.79 Å². The van der Waals surface area contributed by atoms with Crippen LogP contribution < -0.4 is 0 Å². The number of likely N-dealkylation sites (N-methyl/N-ethyl adjacent to an activating group) is 1. The van der Waals surface area contributed by atoms with Crippen LogP contribution in [0.25, 0.3) is 0 Å². The number of amides is 1. The number of carbonyl (C=O) groups excluding carboxylic acids is 1. The van der Waals surface area contributed by atoms with Crippen molar-refractivity contribution in [1.82, 2.24) is 4.90 Å². The summed E-state index contributed by atoms with van der Waals surface area (Å²) in [7, 11) is 1.80. The van der Waals surface area contributed by atoms with Gasteiger partial charge in [-0.15, -0.1) is 0 Å². The van der Waals surface area contributed by atoms with Gasteiger partial charge in [0, 0.05) is 23.9 Å². The van der Waals surface area contributed by atoms with E-state index in [1.165, 1.54) is 0 Å². The fourth-order valence-electron chi connectivity index (χ4n) is 1.21. The van der Waals surface area contributed by atoms with Crippen LogP contribution >= 0.6 is 27.5 Å². The maximum atomic E-state index is 11.7. The lowest BCUT2D eigenvalue weighted by Crippen LogP contribution is -2.29. The van der Waals surface area contributed by atoms with Crippen LogP contribution in [0.2, 0.25) is 5.02 Å². The third kappa shape index (κ3) is 4.22. The maximum Gasteiger partial charge on any atom is 0.226 e. The third-order valence-electron chi connectivity index (χ3n) is 2.09. The Morgan fingerprint density at radius 1 is 1.53 bits per heavy atom. The first-order chi connectivity index (χ1) is 7.13. The lowest BCUT2D eigenvalue weighted by atomic mass is 10.1. The molecule has 1 amide bonds. The van der Waals surface area contributed by atoms with E-state index in [0.29, 0.717) is 11.4 Å². The Labute approximate surface area is 103 Å². The Morgan fingerprint density at radius 3 is 2.87 bits per heavy atom. The van der Waals surface area contributed by atoms with Crippen molar-refractivity contribution in [1.29, 1.82) is 0 Å². The number of halogens is 2. The van der Waals surface area contributed by atoms with Crippen molar-refractivity contribution in [2.45, 2.75) is 6.42 Å². The van der Waals surface area contributed by atoms with Crippen molar-refractivity contribution in [3.05, 3.63) is 34.9 Å². The highest BCUT2D eigenvalue weighted by Gasteiger charge is 2.08. The van der Waals surface area contributed by atoms with Gasteiger partial charge in [-0.25, -0.2) is 0 Å². The number of rotatable bonds is 4. The second kappa shape index (κ2) is 6.13. The van der Waals surface area contributed by atoms with E-state index in [-0.39, 0.29) is 5.91 Å². The van der Waals surface area contributed by atoms with E-state index in [1.54, 1.807) is 18.0 Å². The van der Waals surface area contributed by atoms with Crippen LogP contribution in [0.4, 0.5) is 0 Å². The minimum Gasteiger partial charge on any atom is -0.345 e. The zero-order valence-electron chi connectivity index (χ0n) is 8.54. The average molecular weight is 291 g/mol. The van der Waals surface area contributed by atoms with E-state index in [4.69, 9.17) is 11.6 Å². The maximum absolute atomic E-state index is 11.7. The Morgan fingerprint density at radius 2 is 2.27 bits per heavy atom. The first kappa shape index (κ1) is 12.5. The minimum atomic E-state index is 0.108. The molecule has 2 nitrogen and oxygen atoms in total. The van der Waals surface area contributed by atoms with Crippen molar-refractivity contribution in [2.75, 3.05) is 18.9 Å². The van der Waals surface area contributed by atoms with Gasteiger partial charge in [-0.05, 0) is 17.7 Å². The molecule has 0 aliphatic heterocycles. The fourth-order valence-corrected chi connectivity index (χ4v) is 1.95. The van der Waals surface area contributed by atoms with Gasteiger partial charge in [-0.2, -0.15) is 0 Å². The average Bonchev–Trinajstić information content (AvgIpc) is 2.18.